The van der Waals surface area contributed by atoms with Crippen molar-refractivity contribution in [1.82, 2.24) is 19.5 Å². The Bertz CT molecular complexity index is 672. The average Bonchev–Trinajstić information content (AvgIpc) is 2.94. The van der Waals surface area contributed by atoms with E-state index >= 15 is 0 Å². The number of aliphatic hydroxyl groups is 1. The lowest BCUT2D eigenvalue weighted by Gasteiger charge is -2.03. The Morgan fingerprint density at radius 3 is 2.79 bits per heavy atom. The molecule has 0 spiro atoms. The molecule has 0 aliphatic rings. The summed E-state index contributed by atoms with van der Waals surface area (Å²) < 4.78 is 28.2. The molecule has 0 bridgehead atoms. The molecule has 2 aromatic rings. The largest absolute Gasteiger partial charge is 0.390 e. The van der Waals surface area contributed by atoms with Gasteiger partial charge in [0.05, 0.1) is 17.2 Å². The van der Waals surface area contributed by atoms with Gasteiger partial charge in [0.25, 0.3) is 0 Å². The van der Waals surface area contributed by atoms with Gasteiger partial charge >= 0.3 is 0 Å². The third kappa shape index (κ3) is 3.03. The number of aliphatic hydroxyl groups excluding tert-OH is 1. The van der Waals surface area contributed by atoms with Crippen LogP contribution in [0.5, 0.6) is 0 Å². The van der Waals surface area contributed by atoms with Crippen molar-refractivity contribution >= 4 is 10.0 Å². The zero-order valence-corrected chi connectivity index (χ0v) is 11.5. The van der Waals surface area contributed by atoms with E-state index in [1.165, 1.54) is 12.3 Å². The maximum Gasteiger partial charge on any atom is 0.242 e. The summed E-state index contributed by atoms with van der Waals surface area (Å²) in [6, 6.07) is 1.40. The molecule has 7 nitrogen and oxygen atoms in total. The third-order valence-electron chi connectivity index (χ3n) is 2.76. The highest BCUT2D eigenvalue weighted by molar-refractivity contribution is 7.89. The summed E-state index contributed by atoms with van der Waals surface area (Å²) in [4.78, 5) is 2.80. The van der Waals surface area contributed by atoms with Crippen LogP contribution in [0.3, 0.4) is 0 Å². The van der Waals surface area contributed by atoms with Crippen molar-refractivity contribution in [1.29, 1.82) is 0 Å². The molecule has 2 aromatic heterocycles. The summed E-state index contributed by atoms with van der Waals surface area (Å²) in [5, 5.41) is 13.1. The minimum absolute atomic E-state index is 0.109. The fourth-order valence-electron chi connectivity index (χ4n) is 1.74. The van der Waals surface area contributed by atoms with Crippen LogP contribution in [-0.2, 0) is 30.2 Å². The van der Waals surface area contributed by atoms with Gasteiger partial charge in [0, 0.05) is 37.2 Å². The summed E-state index contributed by atoms with van der Waals surface area (Å²) in [7, 11) is -1.80. The first-order valence-corrected chi connectivity index (χ1v) is 7.17. The SMILES string of the molecule is Cc1nn(C)cc1CNS(=O)(=O)c1c[nH]c(CO)c1. The average molecular weight is 284 g/mol. The van der Waals surface area contributed by atoms with Crippen molar-refractivity contribution in [2.45, 2.75) is 25.0 Å². The zero-order chi connectivity index (χ0) is 14.0. The molecule has 19 heavy (non-hydrogen) atoms. The topological polar surface area (TPSA) is 100 Å². The van der Waals surface area contributed by atoms with E-state index in [2.05, 4.69) is 14.8 Å². The summed E-state index contributed by atoms with van der Waals surface area (Å²) in [5.74, 6) is 0. The fraction of sp³-hybridized carbons (Fsp3) is 0.364. The standard InChI is InChI=1S/C11H16N4O3S/c1-8-9(6-15(2)14-8)4-13-19(17,18)11-3-10(7-16)12-5-11/h3,5-6,12-13,16H,4,7H2,1-2H3. The van der Waals surface area contributed by atoms with Gasteiger partial charge in [-0.25, -0.2) is 13.1 Å². The van der Waals surface area contributed by atoms with Crippen LogP contribution >= 0.6 is 0 Å². The lowest BCUT2D eigenvalue weighted by molar-refractivity contribution is 0.277. The molecule has 104 valence electrons. The molecule has 0 aliphatic carbocycles. The summed E-state index contributed by atoms with van der Waals surface area (Å²) in [5.41, 5.74) is 2.07. The third-order valence-corrected chi connectivity index (χ3v) is 4.15. The summed E-state index contributed by atoms with van der Waals surface area (Å²) in [6.45, 7) is 1.78. The Hall–Kier alpha value is -1.64. The number of nitrogens with zero attached hydrogens (tertiary/aromatic N) is 2. The molecule has 0 amide bonds. The maximum absolute atomic E-state index is 12.0. The molecule has 0 saturated heterocycles. The van der Waals surface area contributed by atoms with Gasteiger partial charge in [-0.15, -0.1) is 0 Å². The minimum atomic E-state index is -3.58. The predicted molar refractivity (Wildman–Crippen MR) is 68.7 cm³/mol. The van der Waals surface area contributed by atoms with Crippen LogP contribution in [0.2, 0.25) is 0 Å². The number of hydrogen-bond donors (Lipinski definition) is 3. The van der Waals surface area contributed by atoms with Crippen molar-refractivity contribution < 1.29 is 13.5 Å². The van der Waals surface area contributed by atoms with Gasteiger partial charge in [-0.05, 0) is 13.0 Å². The van der Waals surface area contributed by atoms with E-state index in [1.54, 1.807) is 17.9 Å². The van der Waals surface area contributed by atoms with Crippen LogP contribution in [0.1, 0.15) is 17.0 Å². The van der Waals surface area contributed by atoms with E-state index in [0.29, 0.717) is 5.69 Å². The van der Waals surface area contributed by atoms with Crippen LogP contribution in [0.25, 0.3) is 0 Å². The molecule has 0 aromatic carbocycles. The molecular formula is C11H16N4O3S. The number of hydrogen-bond acceptors (Lipinski definition) is 4. The van der Waals surface area contributed by atoms with E-state index in [0.717, 1.165) is 11.3 Å². The molecule has 0 fully saturated rings. The lowest BCUT2D eigenvalue weighted by Crippen LogP contribution is -2.23. The van der Waals surface area contributed by atoms with E-state index in [-0.39, 0.29) is 18.0 Å². The monoisotopic (exact) mass is 284 g/mol. The second kappa shape index (κ2) is 5.16. The van der Waals surface area contributed by atoms with Crippen LogP contribution in [0.15, 0.2) is 23.4 Å². The van der Waals surface area contributed by atoms with E-state index < -0.39 is 10.0 Å². The Kier molecular flexibility index (Phi) is 3.74. The van der Waals surface area contributed by atoms with Gasteiger partial charge in [-0.1, -0.05) is 0 Å². The Morgan fingerprint density at radius 1 is 1.53 bits per heavy atom. The molecule has 0 aliphatic heterocycles. The highest BCUT2D eigenvalue weighted by Gasteiger charge is 2.16. The van der Waals surface area contributed by atoms with Crippen LogP contribution in [0, 0.1) is 6.92 Å². The van der Waals surface area contributed by atoms with Gasteiger partial charge in [0.1, 0.15) is 0 Å². The fourth-order valence-corrected chi connectivity index (χ4v) is 2.77. The molecule has 0 saturated carbocycles. The molecule has 8 heteroatoms. The van der Waals surface area contributed by atoms with E-state index in [9.17, 15) is 8.42 Å². The predicted octanol–water partition coefficient (Wildman–Crippen LogP) is 0.0274. The van der Waals surface area contributed by atoms with Crippen molar-refractivity contribution in [3.05, 3.63) is 35.4 Å². The second-order valence-corrected chi connectivity index (χ2v) is 6.02. The first kappa shape index (κ1) is 13.8. The van der Waals surface area contributed by atoms with Crippen LogP contribution in [0.4, 0.5) is 0 Å². The first-order chi connectivity index (χ1) is 8.92. The molecule has 0 radical (unpaired) electrons. The van der Waals surface area contributed by atoms with Crippen LogP contribution < -0.4 is 4.72 Å². The number of aromatic amines is 1. The van der Waals surface area contributed by atoms with E-state index in [1.807, 2.05) is 6.92 Å². The molecular weight excluding hydrogens is 268 g/mol. The number of nitrogens with one attached hydrogen (secondary N) is 2. The highest BCUT2D eigenvalue weighted by atomic mass is 32.2. The minimum Gasteiger partial charge on any atom is -0.390 e. The number of H-pyrrole nitrogens is 1. The van der Waals surface area contributed by atoms with Gasteiger partial charge in [-0.3, -0.25) is 4.68 Å². The lowest BCUT2D eigenvalue weighted by atomic mass is 10.3. The molecule has 2 heterocycles. The number of aryl methyl sites for hydroxylation is 2. The van der Waals surface area contributed by atoms with Crippen molar-refractivity contribution in [2.24, 2.45) is 7.05 Å². The Balaban J connectivity index is 2.11. The van der Waals surface area contributed by atoms with Gasteiger partial charge in [0.15, 0.2) is 0 Å². The van der Waals surface area contributed by atoms with Crippen molar-refractivity contribution in [2.75, 3.05) is 0 Å². The van der Waals surface area contributed by atoms with E-state index in [4.69, 9.17) is 5.11 Å². The Labute approximate surface area is 111 Å². The normalized spacial score (nSPS) is 11.9. The first-order valence-electron chi connectivity index (χ1n) is 5.69. The Morgan fingerprint density at radius 2 is 2.26 bits per heavy atom. The van der Waals surface area contributed by atoms with Gasteiger partial charge in [-0.2, -0.15) is 5.10 Å². The smallest absolute Gasteiger partial charge is 0.242 e. The van der Waals surface area contributed by atoms with Crippen molar-refractivity contribution in [3.63, 3.8) is 0 Å². The summed E-state index contributed by atoms with van der Waals surface area (Å²) >= 11 is 0. The molecule has 3 N–H and O–H groups in total. The van der Waals surface area contributed by atoms with Crippen molar-refractivity contribution in [3.8, 4) is 0 Å². The number of sulfonamides is 1. The molecule has 0 atom stereocenters. The zero-order valence-electron chi connectivity index (χ0n) is 10.7. The molecule has 2 rings (SSSR count). The van der Waals surface area contributed by atoms with Gasteiger partial charge in [0.2, 0.25) is 10.0 Å². The molecule has 0 unspecified atom stereocenters. The second-order valence-electron chi connectivity index (χ2n) is 4.26. The summed E-state index contributed by atoms with van der Waals surface area (Å²) in [6.07, 6.45) is 3.12. The van der Waals surface area contributed by atoms with Crippen LogP contribution in [-0.4, -0.2) is 28.3 Å². The number of aromatic nitrogens is 3. The quantitative estimate of drug-likeness (QED) is 0.721. The highest BCUT2D eigenvalue weighted by Crippen LogP contribution is 2.12. The maximum atomic E-state index is 12.0. The number of rotatable bonds is 5. The van der Waals surface area contributed by atoms with Gasteiger partial charge < -0.3 is 10.1 Å².